The molecular formula is C5Br2Cl4O. The summed E-state index contributed by atoms with van der Waals surface area (Å²) in [6.07, 6.45) is 0. The highest BCUT2D eigenvalue weighted by Gasteiger charge is 2.58. The number of ketones is 1. The summed E-state index contributed by atoms with van der Waals surface area (Å²) < 4.78 is -3.01. The molecule has 0 radical (unpaired) electrons. The first kappa shape index (κ1) is 11.6. The number of rotatable bonds is 0. The van der Waals surface area contributed by atoms with E-state index in [1.54, 1.807) is 0 Å². The second-order valence-corrected chi connectivity index (χ2v) is 7.29. The fourth-order valence-corrected chi connectivity index (χ4v) is 3.46. The molecule has 7 heteroatoms. The molecule has 0 fully saturated rings. The van der Waals surface area contributed by atoms with Crippen molar-refractivity contribution >= 4 is 84.0 Å². The molecule has 0 aromatic rings. The van der Waals surface area contributed by atoms with Crippen molar-refractivity contribution in [3.63, 3.8) is 0 Å². The lowest BCUT2D eigenvalue weighted by Gasteiger charge is -2.14. The number of carbonyl (C=O) groups is 1. The Hall–Kier alpha value is 1.53. The zero-order valence-electron chi connectivity index (χ0n) is 5.18. The lowest BCUT2D eigenvalue weighted by Crippen LogP contribution is -2.31. The molecule has 1 aliphatic rings. The molecule has 0 aromatic heterocycles. The van der Waals surface area contributed by atoms with Crippen molar-refractivity contribution in [1.82, 2.24) is 0 Å². The Bertz CT molecular complexity index is 257. The van der Waals surface area contributed by atoms with Crippen LogP contribution in [0.15, 0.2) is 10.1 Å². The summed E-state index contributed by atoms with van der Waals surface area (Å²) in [5, 5.41) is -0.0228. The molecule has 0 saturated carbocycles. The zero-order valence-corrected chi connectivity index (χ0v) is 11.4. The van der Waals surface area contributed by atoms with Crippen LogP contribution >= 0.6 is 78.3 Å². The predicted molar refractivity (Wildman–Crippen MR) is 58.8 cm³/mol. The molecular weight excluding hydrogens is 378 g/mol. The lowest BCUT2D eigenvalue weighted by atomic mass is 10.3. The summed E-state index contributed by atoms with van der Waals surface area (Å²) in [6, 6.07) is 0. The van der Waals surface area contributed by atoms with Crippen molar-refractivity contribution in [2.45, 2.75) is 7.57 Å². The van der Waals surface area contributed by atoms with Crippen molar-refractivity contribution in [3.8, 4) is 0 Å². The quantitative estimate of drug-likeness (QED) is 0.585. The molecule has 2 atom stereocenters. The maximum atomic E-state index is 11.4. The standard InChI is InChI=1S/C5Br2Cl4O/c6-4(10)1(8)2(9)5(7,11)3(4)12. The Morgan fingerprint density at radius 3 is 1.33 bits per heavy atom. The lowest BCUT2D eigenvalue weighted by molar-refractivity contribution is -0.117. The number of hydrogen-bond donors (Lipinski definition) is 0. The van der Waals surface area contributed by atoms with Crippen molar-refractivity contribution in [1.29, 1.82) is 0 Å². The second kappa shape index (κ2) is 3.28. The molecule has 12 heavy (non-hydrogen) atoms. The summed E-state index contributed by atoms with van der Waals surface area (Å²) in [7, 11) is 0. The Morgan fingerprint density at radius 2 is 1.25 bits per heavy atom. The molecule has 0 saturated heterocycles. The molecule has 1 nitrogen and oxygen atoms in total. The Balaban J connectivity index is 3.31. The third-order valence-corrected chi connectivity index (χ3v) is 5.24. The highest BCUT2D eigenvalue weighted by atomic mass is 79.9. The molecule has 2 unspecified atom stereocenters. The average Bonchev–Trinajstić information content (AvgIpc) is 2.06. The normalized spacial score (nSPS) is 42.7. The third-order valence-electron chi connectivity index (χ3n) is 1.31. The minimum Gasteiger partial charge on any atom is -0.293 e. The van der Waals surface area contributed by atoms with Gasteiger partial charge < -0.3 is 0 Å². The van der Waals surface area contributed by atoms with Crippen LogP contribution in [0.5, 0.6) is 0 Å². The topological polar surface area (TPSA) is 17.1 Å². The summed E-state index contributed by atoms with van der Waals surface area (Å²) in [6.45, 7) is 0. The van der Waals surface area contributed by atoms with Gasteiger partial charge in [-0.25, -0.2) is 0 Å². The number of carbonyl (C=O) groups excluding carboxylic acids is 1. The van der Waals surface area contributed by atoms with Crippen LogP contribution in [0.3, 0.4) is 0 Å². The van der Waals surface area contributed by atoms with Crippen molar-refractivity contribution < 1.29 is 4.79 Å². The first-order valence-corrected chi connectivity index (χ1v) is 5.69. The molecule has 1 rings (SSSR count). The smallest absolute Gasteiger partial charge is 0.207 e. The number of allylic oxidation sites excluding steroid dienone is 2. The Kier molecular flexibility index (Phi) is 3.17. The van der Waals surface area contributed by atoms with Gasteiger partial charge in [0.2, 0.25) is 5.78 Å². The van der Waals surface area contributed by atoms with Gasteiger partial charge in [0.05, 0.1) is 10.1 Å². The van der Waals surface area contributed by atoms with Crippen LogP contribution in [0.1, 0.15) is 0 Å². The first-order valence-electron chi connectivity index (χ1n) is 2.59. The van der Waals surface area contributed by atoms with Gasteiger partial charge in [-0.1, -0.05) is 78.3 Å². The molecule has 1 aliphatic carbocycles. The van der Waals surface area contributed by atoms with Crippen LogP contribution in [0.4, 0.5) is 0 Å². The Labute approximate surface area is 106 Å². The second-order valence-electron chi connectivity index (χ2n) is 2.11. The van der Waals surface area contributed by atoms with Gasteiger partial charge in [0.25, 0.3) is 0 Å². The van der Waals surface area contributed by atoms with Gasteiger partial charge in [-0.15, -0.1) is 0 Å². The molecule has 0 amide bonds. The van der Waals surface area contributed by atoms with E-state index in [1.807, 2.05) is 0 Å². The maximum absolute atomic E-state index is 11.4. The summed E-state index contributed by atoms with van der Waals surface area (Å²) in [4.78, 5) is 11.4. The first-order chi connectivity index (χ1) is 5.22. The predicted octanol–water partition coefficient (Wildman–Crippen LogP) is 3.92. The van der Waals surface area contributed by atoms with Crippen LogP contribution in [0.25, 0.3) is 0 Å². The Morgan fingerprint density at radius 1 is 1.00 bits per heavy atom. The van der Waals surface area contributed by atoms with E-state index in [2.05, 4.69) is 31.9 Å². The number of Topliss-reactive ketones (excluding diaryl/α,β-unsaturated/α-hetero) is 1. The van der Waals surface area contributed by atoms with Crippen LogP contribution in [0, 0.1) is 0 Å². The van der Waals surface area contributed by atoms with Gasteiger partial charge in [-0.3, -0.25) is 4.79 Å². The average molecular weight is 378 g/mol. The molecule has 68 valence electrons. The van der Waals surface area contributed by atoms with Gasteiger partial charge in [0.1, 0.15) is 0 Å². The SMILES string of the molecule is O=C1C(Cl)(Br)C(Cl)=C(Cl)C1(Cl)Br. The van der Waals surface area contributed by atoms with Crippen LogP contribution in [-0.4, -0.2) is 13.4 Å². The molecule has 0 aliphatic heterocycles. The van der Waals surface area contributed by atoms with Crippen molar-refractivity contribution in [2.24, 2.45) is 0 Å². The fourth-order valence-electron chi connectivity index (χ4n) is 0.672. The molecule has 0 N–H and O–H groups in total. The van der Waals surface area contributed by atoms with Gasteiger partial charge in [0, 0.05) is 0 Å². The minimum atomic E-state index is -1.50. The van der Waals surface area contributed by atoms with Crippen molar-refractivity contribution in [3.05, 3.63) is 10.1 Å². The molecule has 0 spiro atoms. The van der Waals surface area contributed by atoms with E-state index in [0.29, 0.717) is 0 Å². The minimum absolute atomic E-state index is 0.0114. The summed E-state index contributed by atoms with van der Waals surface area (Å²) >= 11 is 28.6. The van der Waals surface area contributed by atoms with E-state index in [0.717, 1.165) is 0 Å². The molecule has 0 aromatic carbocycles. The fraction of sp³-hybridized carbons (Fsp3) is 0.400. The van der Waals surface area contributed by atoms with E-state index < -0.39 is 13.4 Å². The largest absolute Gasteiger partial charge is 0.293 e. The van der Waals surface area contributed by atoms with E-state index in [4.69, 9.17) is 46.4 Å². The van der Waals surface area contributed by atoms with Gasteiger partial charge in [-0.05, 0) is 0 Å². The summed E-state index contributed by atoms with van der Waals surface area (Å²) in [5.41, 5.74) is 0. The van der Waals surface area contributed by atoms with Gasteiger partial charge in [-0.2, -0.15) is 0 Å². The summed E-state index contributed by atoms with van der Waals surface area (Å²) in [5.74, 6) is -0.548. The van der Waals surface area contributed by atoms with Crippen LogP contribution in [-0.2, 0) is 4.79 Å². The molecule has 0 bridgehead atoms. The maximum Gasteiger partial charge on any atom is 0.207 e. The highest BCUT2D eigenvalue weighted by molar-refractivity contribution is 9.12. The number of halogens is 6. The van der Waals surface area contributed by atoms with E-state index >= 15 is 0 Å². The van der Waals surface area contributed by atoms with E-state index in [9.17, 15) is 4.79 Å². The van der Waals surface area contributed by atoms with Crippen molar-refractivity contribution in [2.75, 3.05) is 0 Å². The van der Waals surface area contributed by atoms with Crippen LogP contribution in [0.2, 0.25) is 0 Å². The zero-order chi connectivity index (χ0) is 9.73. The van der Waals surface area contributed by atoms with Gasteiger partial charge >= 0.3 is 0 Å². The van der Waals surface area contributed by atoms with E-state index in [-0.39, 0.29) is 10.1 Å². The number of hydrogen-bond acceptors (Lipinski definition) is 1. The van der Waals surface area contributed by atoms with Crippen LogP contribution < -0.4 is 0 Å². The third kappa shape index (κ3) is 1.47. The van der Waals surface area contributed by atoms with Gasteiger partial charge in [0.15, 0.2) is 7.57 Å². The number of alkyl halides is 4. The monoisotopic (exact) mass is 374 g/mol. The molecule has 0 heterocycles. The van der Waals surface area contributed by atoms with E-state index in [1.165, 1.54) is 0 Å². The highest BCUT2D eigenvalue weighted by Crippen LogP contribution is 2.56.